The van der Waals surface area contributed by atoms with E-state index in [1.807, 2.05) is 27.7 Å². The van der Waals surface area contributed by atoms with E-state index >= 15 is 0 Å². The van der Waals surface area contributed by atoms with Gasteiger partial charge in [-0.05, 0) is 49.4 Å². The maximum Gasteiger partial charge on any atom is 0.237 e. The lowest BCUT2D eigenvalue weighted by atomic mass is 10.0. The second-order valence-corrected chi connectivity index (χ2v) is 8.36. The number of nitrogens with zero attached hydrogens (tertiary/aromatic N) is 4. The van der Waals surface area contributed by atoms with Crippen molar-refractivity contribution in [2.75, 3.05) is 24.3 Å². The highest BCUT2D eigenvalue weighted by Gasteiger charge is 2.31. The number of carbonyl (C=O) groups excluding carboxylic acids is 2. The number of benzene rings is 1. The number of nitrogens with two attached hydrogens (primary N) is 1. The molecule has 2 amide bonds. The van der Waals surface area contributed by atoms with E-state index in [0.717, 1.165) is 48.5 Å². The SMILES string of the molecule is COc1ccc2c(c1)CCCN2C(=O)CSc1nnc(C2CC2)n1CCC(N)=O. The summed E-state index contributed by atoms with van der Waals surface area (Å²) in [5, 5.41) is 9.25. The van der Waals surface area contributed by atoms with Gasteiger partial charge >= 0.3 is 0 Å². The van der Waals surface area contributed by atoms with Crippen LogP contribution in [0.25, 0.3) is 0 Å². The molecule has 0 bridgehead atoms. The number of ether oxygens (including phenoxy) is 1. The smallest absolute Gasteiger partial charge is 0.237 e. The first-order chi connectivity index (χ1) is 14.1. The maximum atomic E-state index is 13.0. The maximum absolute atomic E-state index is 13.0. The standard InChI is InChI=1S/C20H25N5O3S/c1-28-15-6-7-16-14(11-15)3-2-9-24(16)18(27)12-29-20-23-22-19(13-4-5-13)25(20)10-8-17(21)26/h6-7,11,13H,2-5,8-10,12H2,1H3,(H2,21,26). The molecule has 1 aromatic carbocycles. The molecular weight excluding hydrogens is 390 g/mol. The van der Waals surface area contributed by atoms with Crippen molar-refractivity contribution in [1.29, 1.82) is 0 Å². The monoisotopic (exact) mass is 415 g/mol. The Morgan fingerprint density at radius 2 is 2.14 bits per heavy atom. The van der Waals surface area contributed by atoms with E-state index in [2.05, 4.69) is 10.2 Å². The molecule has 154 valence electrons. The molecule has 8 nitrogen and oxygen atoms in total. The second kappa shape index (κ2) is 8.44. The summed E-state index contributed by atoms with van der Waals surface area (Å²) in [6.45, 7) is 1.16. The topological polar surface area (TPSA) is 103 Å². The summed E-state index contributed by atoms with van der Waals surface area (Å²) in [6, 6.07) is 5.85. The number of aryl methyl sites for hydroxylation is 1. The minimum absolute atomic E-state index is 0.0403. The van der Waals surface area contributed by atoms with Gasteiger partial charge in [-0.3, -0.25) is 9.59 Å². The largest absolute Gasteiger partial charge is 0.497 e. The van der Waals surface area contributed by atoms with E-state index in [-0.39, 0.29) is 24.0 Å². The van der Waals surface area contributed by atoms with Gasteiger partial charge in [0.05, 0.1) is 12.9 Å². The molecular formula is C20H25N5O3S. The summed E-state index contributed by atoms with van der Waals surface area (Å²) >= 11 is 1.37. The zero-order valence-corrected chi connectivity index (χ0v) is 17.3. The van der Waals surface area contributed by atoms with Gasteiger partial charge in [0.15, 0.2) is 5.16 Å². The lowest BCUT2D eigenvalue weighted by Crippen LogP contribution is -2.36. The van der Waals surface area contributed by atoms with Gasteiger partial charge in [0.25, 0.3) is 0 Å². The van der Waals surface area contributed by atoms with Crippen LogP contribution in [-0.4, -0.2) is 46.0 Å². The van der Waals surface area contributed by atoms with Gasteiger partial charge in [-0.25, -0.2) is 0 Å². The van der Waals surface area contributed by atoms with Crippen molar-refractivity contribution >= 4 is 29.3 Å². The van der Waals surface area contributed by atoms with Gasteiger partial charge in [-0.2, -0.15) is 0 Å². The predicted molar refractivity (Wildman–Crippen MR) is 110 cm³/mol. The fourth-order valence-electron chi connectivity index (χ4n) is 3.65. The molecule has 2 N–H and O–H groups in total. The number of amides is 2. The average molecular weight is 416 g/mol. The van der Waals surface area contributed by atoms with E-state index in [1.165, 1.54) is 11.8 Å². The van der Waals surface area contributed by atoms with Crippen LogP contribution in [0.2, 0.25) is 0 Å². The Kier molecular flexibility index (Phi) is 5.75. The van der Waals surface area contributed by atoms with Crippen LogP contribution in [0.4, 0.5) is 5.69 Å². The molecule has 1 saturated carbocycles. The molecule has 1 aliphatic carbocycles. The molecule has 9 heteroatoms. The van der Waals surface area contributed by atoms with Crippen LogP contribution in [0.3, 0.4) is 0 Å². The number of aromatic nitrogens is 3. The molecule has 29 heavy (non-hydrogen) atoms. The summed E-state index contributed by atoms with van der Waals surface area (Å²) in [5.74, 6) is 2.07. The summed E-state index contributed by atoms with van der Waals surface area (Å²) in [6.07, 6.45) is 4.28. The van der Waals surface area contributed by atoms with Gasteiger partial charge in [0, 0.05) is 31.1 Å². The summed E-state index contributed by atoms with van der Waals surface area (Å²) in [5.41, 5.74) is 7.41. The molecule has 0 atom stereocenters. The highest BCUT2D eigenvalue weighted by molar-refractivity contribution is 7.99. The Balaban J connectivity index is 1.46. The van der Waals surface area contributed by atoms with Gasteiger partial charge in [-0.1, -0.05) is 11.8 Å². The molecule has 2 aromatic rings. The Morgan fingerprint density at radius 1 is 1.31 bits per heavy atom. The van der Waals surface area contributed by atoms with Crippen molar-refractivity contribution < 1.29 is 14.3 Å². The Hall–Kier alpha value is -2.55. The third-order valence-corrected chi connectivity index (χ3v) is 6.25. The highest BCUT2D eigenvalue weighted by Crippen LogP contribution is 2.40. The average Bonchev–Trinajstić information content (AvgIpc) is 3.49. The molecule has 0 radical (unpaired) electrons. The fraction of sp³-hybridized carbons (Fsp3) is 0.500. The quantitative estimate of drug-likeness (QED) is 0.663. The zero-order chi connectivity index (χ0) is 20.4. The van der Waals surface area contributed by atoms with E-state index in [9.17, 15) is 9.59 Å². The first kappa shape index (κ1) is 19.8. The highest BCUT2D eigenvalue weighted by atomic mass is 32.2. The molecule has 1 aromatic heterocycles. The fourth-order valence-corrected chi connectivity index (χ4v) is 4.49. The molecule has 2 aliphatic rings. The van der Waals surface area contributed by atoms with Crippen molar-refractivity contribution in [1.82, 2.24) is 14.8 Å². The first-order valence-corrected chi connectivity index (χ1v) is 10.9. The Bertz CT molecular complexity index is 925. The van der Waals surface area contributed by atoms with E-state index in [0.29, 0.717) is 24.2 Å². The minimum Gasteiger partial charge on any atom is -0.497 e. The van der Waals surface area contributed by atoms with Crippen LogP contribution in [0, 0.1) is 0 Å². The molecule has 2 heterocycles. The van der Waals surface area contributed by atoms with Gasteiger partial charge in [0.2, 0.25) is 11.8 Å². The minimum atomic E-state index is -0.354. The van der Waals surface area contributed by atoms with Crippen molar-refractivity contribution in [3.63, 3.8) is 0 Å². The van der Waals surface area contributed by atoms with Gasteiger partial charge in [-0.15, -0.1) is 10.2 Å². The van der Waals surface area contributed by atoms with Crippen LogP contribution in [-0.2, 0) is 22.6 Å². The van der Waals surface area contributed by atoms with Gasteiger partial charge in [0.1, 0.15) is 11.6 Å². The van der Waals surface area contributed by atoms with E-state index in [1.54, 1.807) is 7.11 Å². The summed E-state index contributed by atoms with van der Waals surface area (Å²) in [7, 11) is 1.65. The first-order valence-electron chi connectivity index (χ1n) is 9.88. The number of hydrogen-bond acceptors (Lipinski definition) is 6. The van der Waals surface area contributed by atoms with Crippen LogP contribution in [0.1, 0.15) is 43.0 Å². The molecule has 1 aliphatic heterocycles. The number of primary amides is 1. The molecule has 4 rings (SSSR count). The number of rotatable bonds is 8. The summed E-state index contributed by atoms with van der Waals surface area (Å²) < 4.78 is 7.26. The number of thioether (sulfide) groups is 1. The number of fused-ring (bicyclic) bond motifs is 1. The summed E-state index contributed by atoms with van der Waals surface area (Å²) in [4.78, 5) is 26.0. The lowest BCUT2D eigenvalue weighted by molar-refractivity contribution is -0.118. The zero-order valence-electron chi connectivity index (χ0n) is 16.5. The molecule has 0 unspecified atom stereocenters. The third-order valence-electron chi connectivity index (χ3n) is 5.30. The molecule has 0 saturated heterocycles. The normalized spacial score (nSPS) is 15.8. The lowest BCUT2D eigenvalue weighted by Gasteiger charge is -2.29. The number of anilines is 1. The number of hydrogen-bond donors (Lipinski definition) is 1. The van der Waals surface area contributed by atoms with Crippen molar-refractivity contribution in [2.24, 2.45) is 5.73 Å². The Morgan fingerprint density at radius 3 is 2.86 bits per heavy atom. The van der Waals surface area contributed by atoms with Crippen LogP contribution < -0.4 is 15.4 Å². The van der Waals surface area contributed by atoms with Crippen LogP contribution >= 0.6 is 11.8 Å². The molecule has 0 spiro atoms. The second-order valence-electron chi connectivity index (χ2n) is 7.42. The van der Waals surface area contributed by atoms with E-state index < -0.39 is 0 Å². The van der Waals surface area contributed by atoms with Crippen molar-refractivity contribution in [3.05, 3.63) is 29.6 Å². The number of carbonyl (C=O) groups is 2. The van der Waals surface area contributed by atoms with Gasteiger partial charge < -0.3 is 19.9 Å². The van der Waals surface area contributed by atoms with Crippen LogP contribution in [0.5, 0.6) is 5.75 Å². The number of methoxy groups -OCH3 is 1. The van der Waals surface area contributed by atoms with Crippen molar-refractivity contribution in [2.45, 2.75) is 49.7 Å². The molecule has 1 fully saturated rings. The van der Waals surface area contributed by atoms with Crippen molar-refractivity contribution in [3.8, 4) is 5.75 Å². The van der Waals surface area contributed by atoms with Crippen LogP contribution in [0.15, 0.2) is 23.4 Å². The predicted octanol–water partition coefficient (Wildman–Crippen LogP) is 2.11. The third kappa shape index (κ3) is 4.39. The Labute approximate surface area is 173 Å². The van der Waals surface area contributed by atoms with E-state index in [4.69, 9.17) is 10.5 Å².